The molecule has 1 aliphatic carbocycles. The molecule has 19 heavy (non-hydrogen) atoms. The molecule has 0 saturated heterocycles. The second-order valence-electron chi connectivity index (χ2n) is 5.23. The lowest BCUT2D eigenvalue weighted by Gasteiger charge is -2.14. The van der Waals surface area contributed by atoms with Gasteiger partial charge in [-0.15, -0.1) is 11.6 Å². The summed E-state index contributed by atoms with van der Waals surface area (Å²) in [6.07, 6.45) is 4.24. The summed E-state index contributed by atoms with van der Waals surface area (Å²) >= 11 is 6.00. The first kappa shape index (κ1) is 12.5. The number of rotatable bonds is 5. The van der Waals surface area contributed by atoms with Gasteiger partial charge in [0.2, 0.25) is 0 Å². The molecule has 1 heterocycles. The largest absolute Gasteiger partial charge is 0.497 e. The predicted octanol–water partition coefficient (Wildman–Crippen LogP) is 3.67. The van der Waals surface area contributed by atoms with Crippen molar-refractivity contribution in [1.82, 2.24) is 4.98 Å². The Bertz CT molecular complexity index is 596. The summed E-state index contributed by atoms with van der Waals surface area (Å²) in [5.41, 5.74) is 0.290. The molecule has 3 rings (SSSR count). The van der Waals surface area contributed by atoms with Crippen molar-refractivity contribution in [3.8, 4) is 5.75 Å². The zero-order valence-electron chi connectivity index (χ0n) is 10.9. The summed E-state index contributed by atoms with van der Waals surface area (Å²) in [6.45, 7) is 0.897. The van der Waals surface area contributed by atoms with Crippen LogP contribution < -0.4 is 10.1 Å². The number of hydrogen-bond donors (Lipinski definition) is 1. The fourth-order valence-electron chi connectivity index (χ4n) is 2.23. The highest BCUT2D eigenvalue weighted by Crippen LogP contribution is 2.46. The van der Waals surface area contributed by atoms with Gasteiger partial charge in [-0.05, 0) is 42.5 Å². The zero-order chi connectivity index (χ0) is 13.3. The van der Waals surface area contributed by atoms with E-state index < -0.39 is 0 Å². The van der Waals surface area contributed by atoms with Crippen molar-refractivity contribution in [3.63, 3.8) is 0 Å². The predicted molar refractivity (Wildman–Crippen MR) is 79.2 cm³/mol. The van der Waals surface area contributed by atoms with Crippen LogP contribution in [0.4, 0.5) is 5.82 Å². The van der Waals surface area contributed by atoms with E-state index in [1.165, 1.54) is 12.8 Å². The first-order chi connectivity index (χ1) is 9.26. The lowest BCUT2D eigenvalue weighted by molar-refractivity contribution is 0.415. The third-order valence-corrected chi connectivity index (χ3v) is 4.41. The highest BCUT2D eigenvalue weighted by molar-refractivity contribution is 6.18. The average molecular weight is 277 g/mol. The van der Waals surface area contributed by atoms with Crippen molar-refractivity contribution in [3.05, 3.63) is 30.5 Å². The molecule has 1 aromatic carbocycles. The molecule has 1 N–H and O–H groups in total. The van der Waals surface area contributed by atoms with Crippen LogP contribution in [-0.4, -0.2) is 24.5 Å². The summed E-state index contributed by atoms with van der Waals surface area (Å²) < 4.78 is 5.25. The van der Waals surface area contributed by atoms with Gasteiger partial charge in [0.1, 0.15) is 11.6 Å². The number of benzene rings is 1. The molecule has 0 atom stereocenters. The Morgan fingerprint density at radius 1 is 1.37 bits per heavy atom. The van der Waals surface area contributed by atoms with E-state index in [4.69, 9.17) is 16.3 Å². The summed E-state index contributed by atoms with van der Waals surface area (Å²) in [7, 11) is 1.68. The molecule has 3 nitrogen and oxygen atoms in total. The van der Waals surface area contributed by atoms with Gasteiger partial charge in [-0.3, -0.25) is 0 Å². The third-order valence-electron chi connectivity index (χ3n) is 3.84. The van der Waals surface area contributed by atoms with Crippen molar-refractivity contribution in [1.29, 1.82) is 0 Å². The number of alkyl halides is 1. The summed E-state index contributed by atoms with van der Waals surface area (Å²) in [5, 5.41) is 5.69. The van der Waals surface area contributed by atoms with Crippen molar-refractivity contribution < 1.29 is 4.74 Å². The van der Waals surface area contributed by atoms with E-state index in [2.05, 4.69) is 10.3 Å². The van der Waals surface area contributed by atoms with Crippen LogP contribution in [0.2, 0.25) is 0 Å². The second kappa shape index (κ2) is 4.89. The first-order valence-corrected chi connectivity index (χ1v) is 7.02. The minimum absolute atomic E-state index is 0.290. The monoisotopic (exact) mass is 276 g/mol. The number of methoxy groups -OCH3 is 1. The number of aromatic nitrogens is 1. The van der Waals surface area contributed by atoms with Crippen LogP contribution in [-0.2, 0) is 0 Å². The normalized spacial score (nSPS) is 16.3. The van der Waals surface area contributed by atoms with Gasteiger partial charge in [0.15, 0.2) is 0 Å². The molecule has 4 heteroatoms. The van der Waals surface area contributed by atoms with Crippen molar-refractivity contribution in [2.45, 2.75) is 12.8 Å². The Morgan fingerprint density at radius 2 is 2.21 bits per heavy atom. The van der Waals surface area contributed by atoms with Gasteiger partial charge in [-0.25, -0.2) is 4.98 Å². The molecular weight excluding hydrogens is 260 g/mol. The van der Waals surface area contributed by atoms with Gasteiger partial charge in [-0.1, -0.05) is 0 Å². The Hall–Kier alpha value is -1.48. The maximum absolute atomic E-state index is 6.00. The summed E-state index contributed by atoms with van der Waals surface area (Å²) in [6, 6.07) is 8.03. The Kier molecular flexibility index (Phi) is 3.23. The van der Waals surface area contributed by atoms with E-state index >= 15 is 0 Å². The number of halogens is 1. The fraction of sp³-hybridized carbons (Fsp3) is 0.400. The number of hydrogen-bond acceptors (Lipinski definition) is 3. The van der Waals surface area contributed by atoms with E-state index in [0.29, 0.717) is 0 Å². The molecule has 1 fully saturated rings. The number of pyridine rings is 1. The van der Waals surface area contributed by atoms with Crippen molar-refractivity contribution in [2.75, 3.05) is 24.9 Å². The van der Waals surface area contributed by atoms with Crippen molar-refractivity contribution >= 4 is 28.2 Å². The maximum Gasteiger partial charge on any atom is 0.133 e. The quantitative estimate of drug-likeness (QED) is 0.846. The van der Waals surface area contributed by atoms with E-state index in [0.717, 1.165) is 34.8 Å². The zero-order valence-corrected chi connectivity index (χ0v) is 11.7. The van der Waals surface area contributed by atoms with Crippen LogP contribution in [0.5, 0.6) is 5.75 Å². The van der Waals surface area contributed by atoms with Gasteiger partial charge >= 0.3 is 0 Å². The van der Waals surface area contributed by atoms with Crippen LogP contribution in [0.1, 0.15) is 12.8 Å². The topological polar surface area (TPSA) is 34.1 Å². The number of anilines is 1. The molecule has 0 spiro atoms. The highest BCUT2D eigenvalue weighted by Gasteiger charge is 2.41. The van der Waals surface area contributed by atoms with Gasteiger partial charge in [0.05, 0.1) is 7.11 Å². The number of ether oxygens (including phenoxy) is 1. The molecule has 0 bridgehead atoms. The highest BCUT2D eigenvalue weighted by atomic mass is 35.5. The SMILES string of the molecule is COc1ccc2c(NCC3(CCl)CC3)nccc2c1. The van der Waals surface area contributed by atoms with E-state index in [1.807, 2.05) is 30.5 Å². The lowest BCUT2D eigenvalue weighted by Crippen LogP contribution is -2.17. The van der Waals surface area contributed by atoms with Crippen LogP contribution in [0.25, 0.3) is 10.8 Å². The fourth-order valence-corrected chi connectivity index (χ4v) is 2.59. The summed E-state index contributed by atoms with van der Waals surface area (Å²) in [4.78, 5) is 4.43. The molecule has 0 unspecified atom stereocenters. The van der Waals surface area contributed by atoms with Gasteiger partial charge in [0.25, 0.3) is 0 Å². The maximum atomic E-state index is 6.00. The third kappa shape index (κ3) is 2.47. The Labute approximate surface area is 117 Å². The minimum Gasteiger partial charge on any atom is -0.497 e. The van der Waals surface area contributed by atoms with E-state index in [1.54, 1.807) is 7.11 Å². The standard InChI is InChI=1S/C15H17ClN2O/c1-19-12-2-3-13-11(8-12)4-7-17-14(13)18-10-15(9-16)5-6-15/h2-4,7-8H,5-6,9-10H2,1H3,(H,17,18). The molecule has 100 valence electrons. The average Bonchev–Trinajstić information content (AvgIpc) is 3.25. The minimum atomic E-state index is 0.290. The molecule has 1 aromatic heterocycles. The van der Waals surface area contributed by atoms with E-state index in [9.17, 15) is 0 Å². The molecule has 1 saturated carbocycles. The lowest BCUT2D eigenvalue weighted by atomic mass is 10.1. The van der Waals surface area contributed by atoms with Crippen LogP contribution in [0.3, 0.4) is 0 Å². The van der Waals surface area contributed by atoms with Gasteiger partial charge in [-0.2, -0.15) is 0 Å². The number of nitrogens with one attached hydrogen (secondary N) is 1. The number of fused-ring (bicyclic) bond motifs is 1. The molecule has 2 aromatic rings. The molecule has 0 amide bonds. The van der Waals surface area contributed by atoms with Crippen LogP contribution >= 0.6 is 11.6 Å². The van der Waals surface area contributed by atoms with E-state index in [-0.39, 0.29) is 5.41 Å². The van der Waals surface area contributed by atoms with Gasteiger partial charge in [0, 0.05) is 29.4 Å². The molecular formula is C15H17ClN2O. The van der Waals surface area contributed by atoms with Gasteiger partial charge < -0.3 is 10.1 Å². The smallest absolute Gasteiger partial charge is 0.133 e. The van der Waals surface area contributed by atoms with Crippen molar-refractivity contribution in [2.24, 2.45) is 5.41 Å². The first-order valence-electron chi connectivity index (χ1n) is 6.49. The molecule has 0 aliphatic heterocycles. The molecule has 0 radical (unpaired) electrons. The second-order valence-corrected chi connectivity index (χ2v) is 5.50. The molecule has 1 aliphatic rings. The Balaban J connectivity index is 1.86. The number of nitrogens with zero attached hydrogens (tertiary/aromatic N) is 1. The van der Waals surface area contributed by atoms with Crippen LogP contribution in [0.15, 0.2) is 30.5 Å². The Morgan fingerprint density at radius 3 is 2.89 bits per heavy atom. The summed E-state index contributed by atoms with van der Waals surface area (Å²) in [5.74, 6) is 2.51. The van der Waals surface area contributed by atoms with Crippen LogP contribution in [0, 0.1) is 5.41 Å².